The fourth-order valence-electron chi connectivity index (χ4n) is 1.88. The maximum atomic E-state index is 9.73. The number of rotatable bonds is 6. The highest BCUT2D eigenvalue weighted by Gasteiger charge is 2.23. The zero-order valence-corrected chi connectivity index (χ0v) is 11.5. The average Bonchev–Trinajstić information content (AvgIpc) is 2.61. The lowest BCUT2D eigenvalue weighted by atomic mass is 10.0. The van der Waals surface area contributed by atoms with Crippen LogP contribution in [0.4, 0.5) is 0 Å². The first-order chi connectivity index (χ1) is 7.88. The third kappa shape index (κ3) is 6.36. The zero-order chi connectivity index (χ0) is 12.9. The number of aliphatic hydroxyl groups excluding tert-OH is 1. The SMILES string of the molecule is CC1OCCC1CNCC(O)COC(C)(C)C. The van der Waals surface area contributed by atoms with E-state index in [1.54, 1.807) is 0 Å². The molecular weight excluding hydrogens is 218 g/mol. The van der Waals surface area contributed by atoms with Crippen LogP contribution in [0, 0.1) is 5.92 Å². The molecule has 0 spiro atoms. The molecule has 1 rings (SSSR count). The van der Waals surface area contributed by atoms with Crippen molar-refractivity contribution in [1.82, 2.24) is 5.32 Å². The van der Waals surface area contributed by atoms with Gasteiger partial charge in [-0.3, -0.25) is 0 Å². The molecular formula is C13H27NO3. The van der Waals surface area contributed by atoms with Crippen molar-refractivity contribution < 1.29 is 14.6 Å². The van der Waals surface area contributed by atoms with Gasteiger partial charge in [-0.2, -0.15) is 0 Å². The van der Waals surface area contributed by atoms with Crippen LogP contribution < -0.4 is 5.32 Å². The molecule has 1 saturated heterocycles. The summed E-state index contributed by atoms with van der Waals surface area (Å²) >= 11 is 0. The van der Waals surface area contributed by atoms with Crippen LogP contribution in [0.15, 0.2) is 0 Å². The van der Waals surface area contributed by atoms with E-state index in [9.17, 15) is 5.11 Å². The minimum atomic E-state index is -0.438. The summed E-state index contributed by atoms with van der Waals surface area (Å²) in [5.41, 5.74) is -0.186. The molecule has 3 atom stereocenters. The first-order valence-electron chi connectivity index (χ1n) is 6.53. The van der Waals surface area contributed by atoms with Crippen molar-refractivity contribution >= 4 is 0 Å². The van der Waals surface area contributed by atoms with Gasteiger partial charge in [0, 0.05) is 19.7 Å². The summed E-state index contributed by atoms with van der Waals surface area (Å²) in [4.78, 5) is 0. The van der Waals surface area contributed by atoms with Gasteiger partial charge in [0.2, 0.25) is 0 Å². The lowest BCUT2D eigenvalue weighted by Gasteiger charge is -2.22. The van der Waals surface area contributed by atoms with E-state index >= 15 is 0 Å². The highest BCUT2D eigenvalue weighted by molar-refractivity contribution is 4.75. The smallest absolute Gasteiger partial charge is 0.0897 e. The maximum absolute atomic E-state index is 9.73. The quantitative estimate of drug-likeness (QED) is 0.738. The van der Waals surface area contributed by atoms with Crippen molar-refractivity contribution in [2.75, 3.05) is 26.3 Å². The van der Waals surface area contributed by atoms with E-state index < -0.39 is 6.10 Å². The molecule has 0 aromatic rings. The number of nitrogens with one attached hydrogen (secondary N) is 1. The predicted molar refractivity (Wildman–Crippen MR) is 68.1 cm³/mol. The minimum Gasteiger partial charge on any atom is -0.389 e. The number of ether oxygens (including phenoxy) is 2. The van der Waals surface area contributed by atoms with Crippen LogP contribution in [-0.4, -0.2) is 49.2 Å². The lowest BCUT2D eigenvalue weighted by Crippen LogP contribution is -2.36. The number of aliphatic hydroxyl groups is 1. The van der Waals surface area contributed by atoms with E-state index in [1.165, 1.54) is 0 Å². The van der Waals surface area contributed by atoms with Gasteiger partial charge in [-0.15, -0.1) is 0 Å². The van der Waals surface area contributed by atoms with Crippen molar-refractivity contribution in [3.63, 3.8) is 0 Å². The molecule has 0 aliphatic carbocycles. The Hall–Kier alpha value is -0.160. The zero-order valence-electron chi connectivity index (χ0n) is 11.5. The lowest BCUT2D eigenvalue weighted by molar-refractivity contribution is -0.0480. The van der Waals surface area contributed by atoms with Crippen LogP contribution in [0.2, 0.25) is 0 Å². The largest absolute Gasteiger partial charge is 0.389 e. The standard InChI is InChI=1S/C13H27NO3/c1-10-11(5-6-16-10)7-14-8-12(15)9-17-13(2,3)4/h10-12,14-15H,5-9H2,1-4H3. The first kappa shape index (κ1) is 14.9. The van der Waals surface area contributed by atoms with Crippen LogP contribution >= 0.6 is 0 Å². The maximum Gasteiger partial charge on any atom is 0.0897 e. The Morgan fingerprint density at radius 1 is 1.47 bits per heavy atom. The van der Waals surface area contributed by atoms with Gasteiger partial charge in [-0.1, -0.05) is 0 Å². The molecule has 0 saturated carbocycles. The molecule has 1 aliphatic heterocycles. The summed E-state index contributed by atoms with van der Waals surface area (Å²) in [6.07, 6.45) is 1.01. The van der Waals surface area contributed by atoms with E-state index in [1.807, 2.05) is 20.8 Å². The highest BCUT2D eigenvalue weighted by atomic mass is 16.5. The van der Waals surface area contributed by atoms with Crippen molar-refractivity contribution in [3.8, 4) is 0 Å². The van der Waals surface area contributed by atoms with Gasteiger partial charge in [-0.25, -0.2) is 0 Å². The molecule has 102 valence electrons. The molecule has 0 amide bonds. The molecule has 1 aliphatic rings. The molecule has 17 heavy (non-hydrogen) atoms. The Labute approximate surface area is 105 Å². The second kappa shape index (κ2) is 6.69. The van der Waals surface area contributed by atoms with Crippen LogP contribution in [-0.2, 0) is 9.47 Å². The monoisotopic (exact) mass is 245 g/mol. The van der Waals surface area contributed by atoms with Crippen molar-refractivity contribution in [3.05, 3.63) is 0 Å². The Kier molecular flexibility index (Phi) is 5.86. The highest BCUT2D eigenvalue weighted by Crippen LogP contribution is 2.19. The van der Waals surface area contributed by atoms with Crippen LogP contribution in [0.3, 0.4) is 0 Å². The third-order valence-electron chi connectivity index (χ3n) is 3.03. The summed E-state index contributed by atoms with van der Waals surface area (Å²) in [5, 5.41) is 13.0. The van der Waals surface area contributed by atoms with Crippen molar-refractivity contribution in [2.24, 2.45) is 5.92 Å². The first-order valence-corrected chi connectivity index (χ1v) is 6.53. The molecule has 4 nitrogen and oxygen atoms in total. The van der Waals surface area contributed by atoms with E-state index in [-0.39, 0.29) is 5.60 Å². The van der Waals surface area contributed by atoms with Crippen LogP contribution in [0.1, 0.15) is 34.1 Å². The molecule has 1 fully saturated rings. The van der Waals surface area contributed by atoms with Crippen LogP contribution in [0.5, 0.6) is 0 Å². The fourth-order valence-corrected chi connectivity index (χ4v) is 1.88. The Morgan fingerprint density at radius 2 is 2.18 bits per heavy atom. The second-order valence-corrected chi connectivity index (χ2v) is 5.86. The van der Waals surface area contributed by atoms with E-state index in [0.717, 1.165) is 19.6 Å². The predicted octanol–water partition coefficient (Wildman–Crippen LogP) is 1.18. The second-order valence-electron chi connectivity index (χ2n) is 5.86. The summed E-state index contributed by atoms with van der Waals surface area (Å²) in [6, 6.07) is 0. The van der Waals surface area contributed by atoms with Gasteiger partial charge in [0.1, 0.15) is 0 Å². The summed E-state index contributed by atoms with van der Waals surface area (Å²) in [6.45, 7) is 10.8. The minimum absolute atomic E-state index is 0.186. The summed E-state index contributed by atoms with van der Waals surface area (Å²) < 4.78 is 11.0. The van der Waals surface area contributed by atoms with Gasteiger partial charge in [0.25, 0.3) is 0 Å². The van der Waals surface area contributed by atoms with Gasteiger partial charge < -0.3 is 19.9 Å². The number of hydrogen-bond donors (Lipinski definition) is 2. The van der Waals surface area contributed by atoms with Crippen molar-refractivity contribution in [1.29, 1.82) is 0 Å². The van der Waals surface area contributed by atoms with Gasteiger partial charge >= 0.3 is 0 Å². The Morgan fingerprint density at radius 3 is 2.71 bits per heavy atom. The summed E-state index contributed by atoms with van der Waals surface area (Å²) in [7, 11) is 0. The Bertz CT molecular complexity index is 215. The molecule has 2 N–H and O–H groups in total. The fraction of sp³-hybridized carbons (Fsp3) is 1.00. The summed E-state index contributed by atoms with van der Waals surface area (Å²) in [5.74, 6) is 0.575. The third-order valence-corrected chi connectivity index (χ3v) is 3.03. The van der Waals surface area contributed by atoms with Gasteiger partial charge in [0.05, 0.1) is 24.4 Å². The van der Waals surface area contributed by atoms with Gasteiger partial charge in [-0.05, 0) is 40.0 Å². The molecule has 4 heteroatoms. The topological polar surface area (TPSA) is 50.7 Å². The van der Waals surface area contributed by atoms with Gasteiger partial charge in [0.15, 0.2) is 0 Å². The molecule has 1 heterocycles. The molecule has 0 radical (unpaired) electrons. The van der Waals surface area contributed by atoms with Crippen molar-refractivity contribution in [2.45, 2.75) is 51.9 Å². The molecule has 3 unspecified atom stereocenters. The Balaban J connectivity index is 2.05. The van der Waals surface area contributed by atoms with E-state index in [0.29, 0.717) is 25.2 Å². The number of hydrogen-bond acceptors (Lipinski definition) is 4. The average molecular weight is 245 g/mol. The molecule has 0 bridgehead atoms. The normalized spacial score (nSPS) is 27.4. The molecule has 0 aromatic carbocycles. The molecule has 0 aromatic heterocycles. The van der Waals surface area contributed by atoms with Crippen LogP contribution in [0.25, 0.3) is 0 Å². The van der Waals surface area contributed by atoms with E-state index in [4.69, 9.17) is 9.47 Å². The van der Waals surface area contributed by atoms with E-state index in [2.05, 4.69) is 12.2 Å².